The predicted octanol–water partition coefficient (Wildman–Crippen LogP) is 2.75. The van der Waals surface area contributed by atoms with Gasteiger partial charge in [-0.15, -0.1) is 0 Å². The van der Waals surface area contributed by atoms with Crippen LogP contribution >= 0.6 is 11.6 Å². The van der Waals surface area contributed by atoms with Crippen molar-refractivity contribution in [3.8, 4) is 0 Å². The molecule has 0 spiro atoms. The minimum atomic E-state index is -0.289. The Balaban J connectivity index is 2.48. The number of halogens is 1. The van der Waals surface area contributed by atoms with E-state index in [9.17, 15) is 5.11 Å². The summed E-state index contributed by atoms with van der Waals surface area (Å²) >= 11 is 5.86. The molecule has 0 heterocycles. The Morgan fingerprint density at radius 3 is 2.53 bits per heavy atom. The first kappa shape index (κ1) is 13.0. The van der Waals surface area contributed by atoms with Crippen LogP contribution in [0.3, 0.4) is 0 Å². The molecule has 1 rings (SSSR count). The van der Waals surface area contributed by atoms with E-state index in [1.54, 1.807) is 0 Å². The van der Waals surface area contributed by atoms with E-state index in [0.29, 0.717) is 24.2 Å². The van der Waals surface area contributed by atoms with Gasteiger partial charge in [-0.3, -0.25) is 4.90 Å². The van der Waals surface area contributed by atoms with Crippen LogP contribution in [0.25, 0.3) is 0 Å². The minimum absolute atomic E-state index is 0.289. The molecule has 1 aliphatic rings. The van der Waals surface area contributed by atoms with Crippen molar-refractivity contribution >= 4 is 11.6 Å². The summed E-state index contributed by atoms with van der Waals surface area (Å²) in [6, 6.07) is 0.587. The number of aliphatic hydroxyl groups is 1. The van der Waals surface area contributed by atoms with Crippen LogP contribution in [0.1, 0.15) is 39.0 Å². The molecule has 0 radical (unpaired) electrons. The molecule has 0 bridgehead atoms. The molecule has 0 aliphatic heterocycles. The van der Waals surface area contributed by atoms with Gasteiger partial charge in [-0.05, 0) is 19.8 Å². The summed E-state index contributed by atoms with van der Waals surface area (Å²) in [5, 5.41) is 10.1. The van der Waals surface area contributed by atoms with Crippen LogP contribution in [-0.4, -0.2) is 35.2 Å². The maximum atomic E-state index is 9.45. The van der Waals surface area contributed by atoms with Gasteiger partial charge in [0.1, 0.15) is 0 Å². The largest absolute Gasteiger partial charge is 0.392 e. The average molecular weight is 232 g/mol. The highest BCUT2D eigenvalue weighted by molar-refractivity contribution is 6.29. The molecule has 15 heavy (non-hydrogen) atoms. The third kappa shape index (κ3) is 5.01. The summed E-state index contributed by atoms with van der Waals surface area (Å²) in [5.41, 5.74) is 0. The number of hydrogen-bond donors (Lipinski definition) is 1. The van der Waals surface area contributed by atoms with Gasteiger partial charge in [0.2, 0.25) is 0 Å². The zero-order valence-corrected chi connectivity index (χ0v) is 10.3. The van der Waals surface area contributed by atoms with Crippen LogP contribution in [0.2, 0.25) is 0 Å². The Hall–Kier alpha value is -0.0500. The molecule has 0 aromatic rings. The lowest BCUT2D eigenvalue weighted by molar-refractivity contribution is 0.0908. The highest BCUT2D eigenvalue weighted by Gasteiger charge is 2.22. The Morgan fingerprint density at radius 2 is 2.07 bits per heavy atom. The number of aliphatic hydroxyl groups excluding tert-OH is 1. The summed E-state index contributed by atoms with van der Waals surface area (Å²) in [7, 11) is 0. The van der Waals surface area contributed by atoms with Gasteiger partial charge in [0, 0.05) is 24.2 Å². The summed E-state index contributed by atoms with van der Waals surface area (Å²) in [6.45, 7) is 6.98. The van der Waals surface area contributed by atoms with Gasteiger partial charge in [-0.25, -0.2) is 0 Å². The van der Waals surface area contributed by atoms with E-state index in [0.717, 1.165) is 0 Å². The number of hydrogen-bond acceptors (Lipinski definition) is 2. The number of rotatable bonds is 5. The van der Waals surface area contributed by atoms with Gasteiger partial charge in [-0.1, -0.05) is 37.4 Å². The van der Waals surface area contributed by atoms with E-state index in [1.807, 2.05) is 6.92 Å². The molecule has 3 heteroatoms. The lowest BCUT2D eigenvalue weighted by Crippen LogP contribution is -2.41. The molecule has 1 unspecified atom stereocenters. The second-order valence-corrected chi connectivity index (χ2v) is 5.12. The van der Waals surface area contributed by atoms with Gasteiger partial charge in [0.05, 0.1) is 6.10 Å². The highest BCUT2D eigenvalue weighted by atomic mass is 35.5. The Morgan fingerprint density at radius 1 is 1.47 bits per heavy atom. The van der Waals surface area contributed by atoms with Crippen LogP contribution in [-0.2, 0) is 0 Å². The second-order valence-electron chi connectivity index (χ2n) is 4.59. The standard InChI is InChI=1S/C12H22ClNO/c1-10(13)8-14(9-11(2)15)12-6-4-3-5-7-12/h11-12,15H,1,3-9H2,2H3. The first-order valence-electron chi connectivity index (χ1n) is 5.85. The highest BCUT2D eigenvalue weighted by Crippen LogP contribution is 2.23. The summed E-state index contributed by atoms with van der Waals surface area (Å²) in [6.07, 6.45) is 6.13. The van der Waals surface area contributed by atoms with Crippen molar-refractivity contribution in [1.29, 1.82) is 0 Å². The van der Waals surface area contributed by atoms with Crippen LogP contribution in [0.5, 0.6) is 0 Å². The monoisotopic (exact) mass is 231 g/mol. The van der Waals surface area contributed by atoms with Crippen molar-refractivity contribution in [2.75, 3.05) is 13.1 Å². The molecule has 0 amide bonds. The van der Waals surface area contributed by atoms with Gasteiger partial charge in [0.25, 0.3) is 0 Å². The molecule has 0 aromatic carbocycles. The molecule has 0 saturated heterocycles. The SMILES string of the molecule is C=C(Cl)CN(CC(C)O)C1CCCCC1. The van der Waals surface area contributed by atoms with E-state index in [-0.39, 0.29) is 6.10 Å². The molecule has 1 aliphatic carbocycles. The molecule has 88 valence electrons. The molecular weight excluding hydrogens is 210 g/mol. The fourth-order valence-corrected chi connectivity index (χ4v) is 2.50. The molecule has 1 N–H and O–H groups in total. The van der Waals surface area contributed by atoms with Gasteiger partial charge < -0.3 is 5.11 Å². The van der Waals surface area contributed by atoms with Gasteiger partial charge in [-0.2, -0.15) is 0 Å². The fourth-order valence-electron chi connectivity index (χ4n) is 2.35. The Kier molecular flexibility index (Phi) is 5.65. The first-order chi connectivity index (χ1) is 7.09. The maximum Gasteiger partial charge on any atom is 0.0639 e. The second kappa shape index (κ2) is 6.51. The fraction of sp³-hybridized carbons (Fsp3) is 0.833. The lowest BCUT2D eigenvalue weighted by atomic mass is 9.94. The number of nitrogens with zero attached hydrogens (tertiary/aromatic N) is 1. The van der Waals surface area contributed by atoms with E-state index < -0.39 is 0 Å². The van der Waals surface area contributed by atoms with Crippen molar-refractivity contribution in [1.82, 2.24) is 4.90 Å². The topological polar surface area (TPSA) is 23.5 Å². The van der Waals surface area contributed by atoms with E-state index in [4.69, 9.17) is 11.6 Å². The molecule has 1 saturated carbocycles. The maximum absolute atomic E-state index is 9.45. The van der Waals surface area contributed by atoms with Crippen molar-refractivity contribution in [2.45, 2.75) is 51.2 Å². The molecule has 2 nitrogen and oxygen atoms in total. The molecule has 0 aromatic heterocycles. The normalized spacial score (nSPS) is 20.5. The van der Waals surface area contributed by atoms with Crippen LogP contribution in [0.4, 0.5) is 0 Å². The minimum Gasteiger partial charge on any atom is -0.392 e. The van der Waals surface area contributed by atoms with E-state index in [1.165, 1.54) is 32.1 Å². The summed E-state index contributed by atoms with van der Waals surface area (Å²) < 4.78 is 0. The van der Waals surface area contributed by atoms with E-state index in [2.05, 4.69) is 11.5 Å². The van der Waals surface area contributed by atoms with Gasteiger partial charge in [0.15, 0.2) is 0 Å². The molecule has 1 atom stereocenters. The lowest BCUT2D eigenvalue weighted by Gasteiger charge is -2.34. The summed E-state index contributed by atoms with van der Waals surface area (Å²) in [5.74, 6) is 0. The summed E-state index contributed by atoms with van der Waals surface area (Å²) in [4.78, 5) is 2.28. The quantitative estimate of drug-likeness (QED) is 0.787. The van der Waals surface area contributed by atoms with Crippen LogP contribution in [0.15, 0.2) is 11.6 Å². The first-order valence-corrected chi connectivity index (χ1v) is 6.23. The van der Waals surface area contributed by atoms with Crippen molar-refractivity contribution in [2.24, 2.45) is 0 Å². The third-order valence-corrected chi connectivity index (χ3v) is 3.08. The van der Waals surface area contributed by atoms with Gasteiger partial charge >= 0.3 is 0 Å². The average Bonchev–Trinajstić information content (AvgIpc) is 2.17. The van der Waals surface area contributed by atoms with Crippen molar-refractivity contribution in [3.63, 3.8) is 0 Å². The van der Waals surface area contributed by atoms with Crippen LogP contribution < -0.4 is 0 Å². The molecule has 1 fully saturated rings. The zero-order chi connectivity index (χ0) is 11.3. The zero-order valence-electron chi connectivity index (χ0n) is 9.58. The molecular formula is C12H22ClNO. The van der Waals surface area contributed by atoms with Crippen molar-refractivity contribution < 1.29 is 5.11 Å². The van der Waals surface area contributed by atoms with E-state index >= 15 is 0 Å². The Labute approximate surface area is 97.9 Å². The van der Waals surface area contributed by atoms with Crippen molar-refractivity contribution in [3.05, 3.63) is 11.6 Å². The third-order valence-electron chi connectivity index (χ3n) is 2.96. The Bertz CT molecular complexity index is 200. The smallest absolute Gasteiger partial charge is 0.0639 e. The predicted molar refractivity (Wildman–Crippen MR) is 65.1 cm³/mol. The van der Waals surface area contributed by atoms with Crippen LogP contribution in [0, 0.1) is 0 Å².